The van der Waals surface area contributed by atoms with E-state index in [1.165, 1.54) is 108 Å². The molecular weight excluding hydrogens is 814 g/mol. The number of para-hydroxylation sites is 1. The molecule has 0 spiro atoms. The SMILES string of the molecule is c1ccc(-c2ccc(-c3cc(-c4ccc5[se]c6c(-c7ccccc7)cccc6c5c4)cc(-c4ccc5c(c4)c4cc(-c6ccccc6)ccc4n5-c4ccccc4)c3)cc2)cc1. The van der Waals surface area contributed by atoms with Gasteiger partial charge in [0.15, 0.2) is 0 Å². The molecule has 0 saturated carbocycles. The Morgan fingerprint density at radius 2 is 0.677 bits per heavy atom. The third kappa shape index (κ3) is 6.41. The van der Waals surface area contributed by atoms with Gasteiger partial charge in [0.2, 0.25) is 0 Å². The van der Waals surface area contributed by atoms with Gasteiger partial charge >= 0.3 is 249 Å². The first-order chi connectivity index (χ1) is 30.7. The quantitative estimate of drug-likeness (QED) is 0.141. The summed E-state index contributed by atoms with van der Waals surface area (Å²) in [6, 6.07) is 87.2. The summed E-state index contributed by atoms with van der Waals surface area (Å²) in [5.41, 5.74) is 18.3. The Bertz CT molecular complexity index is 3580. The Kier molecular flexibility index (Phi) is 8.92. The fourth-order valence-electron chi connectivity index (χ4n) is 9.30. The topological polar surface area (TPSA) is 4.93 Å². The number of hydrogen-bond acceptors (Lipinski definition) is 0. The Labute approximate surface area is 367 Å². The molecule has 290 valence electrons. The minimum absolute atomic E-state index is 0.234. The van der Waals surface area contributed by atoms with Gasteiger partial charge in [-0.1, -0.05) is 84.9 Å². The van der Waals surface area contributed by atoms with E-state index in [1.807, 2.05) is 0 Å². The average Bonchev–Trinajstić information content (AvgIpc) is 3.90. The van der Waals surface area contributed by atoms with Crippen LogP contribution in [0.4, 0.5) is 0 Å². The van der Waals surface area contributed by atoms with Crippen molar-refractivity contribution in [1.82, 2.24) is 4.57 Å². The minimum atomic E-state index is 0.234. The number of benzene rings is 10. The molecule has 12 aromatic rings. The van der Waals surface area contributed by atoms with E-state index in [9.17, 15) is 0 Å². The molecule has 0 amide bonds. The predicted molar refractivity (Wildman–Crippen MR) is 265 cm³/mol. The van der Waals surface area contributed by atoms with Crippen LogP contribution in [-0.2, 0) is 0 Å². The van der Waals surface area contributed by atoms with Crippen LogP contribution in [0.15, 0.2) is 237 Å². The zero-order valence-corrected chi connectivity index (χ0v) is 35.6. The van der Waals surface area contributed by atoms with Crippen LogP contribution in [0.2, 0.25) is 0 Å². The number of aromatic nitrogens is 1. The Morgan fingerprint density at radius 1 is 0.258 bits per heavy atom. The van der Waals surface area contributed by atoms with Crippen LogP contribution in [0.1, 0.15) is 0 Å². The van der Waals surface area contributed by atoms with E-state index in [2.05, 4.69) is 241 Å². The summed E-state index contributed by atoms with van der Waals surface area (Å²) in [5.74, 6) is 0. The second-order valence-electron chi connectivity index (χ2n) is 16.1. The van der Waals surface area contributed by atoms with Crippen LogP contribution < -0.4 is 0 Å². The number of hydrogen-bond donors (Lipinski definition) is 0. The molecule has 2 heterocycles. The van der Waals surface area contributed by atoms with Gasteiger partial charge in [0.25, 0.3) is 0 Å². The monoisotopic (exact) mass is 853 g/mol. The molecule has 0 aliphatic carbocycles. The zero-order valence-electron chi connectivity index (χ0n) is 33.9. The van der Waals surface area contributed by atoms with Gasteiger partial charge in [0.1, 0.15) is 0 Å². The van der Waals surface area contributed by atoms with Crippen molar-refractivity contribution in [3.05, 3.63) is 237 Å². The van der Waals surface area contributed by atoms with Gasteiger partial charge in [-0.3, -0.25) is 0 Å². The van der Waals surface area contributed by atoms with Gasteiger partial charge in [-0.25, -0.2) is 0 Å². The first kappa shape index (κ1) is 36.4. The average molecular weight is 853 g/mol. The molecule has 62 heavy (non-hydrogen) atoms. The normalized spacial score (nSPS) is 11.5. The standard InChI is InChI=1S/C60H39NSe/c1-5-14-40(15-6-1)42-24-26-43(27-25-42)48-34-49(36-50(35-48)47-30-33-59-56(39-47)53-23-13-22-52(60(53)62-59)44-18-9-3-10-19-44)46-29-32-58-55(38-46)54-37-45(41-16-7-2-8-17-41)28-31-57(54)61(58)51-20-11-4-12-21-51/h1-39H. The minimum Gasteiger partial charge on any atom is -0.0617 e. The Balaban J connectivity index is 1.05. The fraction of sp³-hybridized carbons (Fsp3) is 0. The predicted octanol–water partition coefficient (Wildman–Crippen LogP) is 16.1. The van der Waals surface area contributed by atoms with E-state index in [-0.39, 0.29) is 14.5 Å². The fourth-order valence-corrected chi connectivity index (χ4v) is 11.9. The third-order valence-electron chi connectivity index (χ3n) is 12.4. The van der Waals surface area contributed by atoms with E-state index in [0.29, 0.717) is 0 Å². The van der Waals surface area contributed by atoms with Crippen molar-refractivity contribution in [1.29, 1.82) is 0 Å². The van der Waals surface area contributed by atoms with E-state index in [4.69, 9.17) is 0 Å². The number of rotatable bonds is 7. The maximum atomic E-state index is 2.45. The molecule has 0 aliphatic rings. The molecule has 0 unspecified atom stereocenters. The molecule has 2 aromatic heterocycles. The number of nitrogens with zero attached hydrogens (tertiary/aromatic N) is 1. The van der Waals surface area contributed by atoms with Crippen LogP contribution in [0.25, 0.3) is 114 Å². The second-order valence-corrected chi connectivity index (χ2v) is 18.3. The molecule has 0 atom stereocenters. The molecule has 0 aliphatic heterocycles. The molecule has 10 aromatic carbocycles. The maximum Gasteiger partial charge on any atom is -0.0544 e. The van der Waals surface area contributed by atoms with Crippen LogP contribution in [0.3, 0.4) is 0 Å². The summed E-state index contributed by atoms with van der Waals surface area (Å²) in [5, 5.41) is 5.21. The smallest absolute Gasteiger partial charge is 0.0544 e. The van der Waals surface area contributed by atoms with E-state index < -0.39 is 0 Å². The molecule has 2 heteroatoms. The second kappa shape index (κ2) is 15.2. The third-order valence-corrected chi connectivity index (χ3v) is 15.0. The van der Waals surface area contributed by atoms with Crippen LogP contribution in [-0.4, -0.2) is 19.1 Å². The summed E-state index contributed by atoms with van der Waals surface area (Å²) in [6.07, 6.45) is 0. The molecule has 0 radical (unpaired) electrons. The number of fused-ring (bicyclic) bond motifs is 6. The van der Waals surface area contributed by atoms with Gasteiger partial charge in [-0.15, -0.1) is 0 Å². The van der Waals surface area contributed by atoms with Crippen LogP contribution in [0.5, 0.6) is 0 Å². The molecule has 1 nitrogen and oxygen atoms in total. The summed E-state index contributed by atoms with van der Waals surface area (Å²) in [6.45, 7) is 0. The zero-order chi connectivity index (χ0) is 41.0. The van der Waals surface area contributed by atoms with Crippen LogP contribution >= 0.6 is 0 Å². The van der Waals surface area contributed by atoms with E-state index in [1.54, 1.807) is 0 Å². The van der Waals surface area contributed by atoms with Crippen LogP contribution in [0, 0.1) is 0 Å². The van der Waals surface area contributed by atoms with Crippen molar-refractivity contribution in [3.63, 3.8) is 0 Å². The van der Waals surface area contributed by atoms with Crippen molar-refractivity contribution in [3.8, 4) is 72.4 Å². The maximum absolute atomic E-state index is 2.45. The van der Waals surface area contributed by atoms with Crippen molar-refractivity contribution in [2.45, 2.75) is 0 Å². The van der Waals surface area contributed by atoms with Gasteiger partial charge in [0, 0.05) is 5.69 Å². The molecule has 0 saturated heterocycles. The largest absolute Gasteiger partial charge is 0.0617 e. The summed E-state index contributed by atoms with van der Waals surface area (Å²) < 4.78 is 5.33. The molecule has 12 rings (SSSR count). The summed E-state index contributed by atoms with van der Waals surface area (Å²) >= 11 is 0.234. The summed E-state index contributed by atoms with van der Waals surface area (Å²) in [7, 11) is 0. The van der Waals surface area contributed by atoms with Crippen molar-refractivity contribution in [2.75, 3.05) is 0 Å². The van der Waals surface area contributed by atoms with E-state index in [0.717, 1.165) is 5.69 Å². The van der Waals surface area contributed by atoms with Gasteiger partial charge < -0.3 is 0 Å². The molecule has 0 bridgehead atoms. The van der Waals surface area contributed by atoms with Crippen molar-refractivity contribution in [2.24, 2.45) is 0 Å². The van der Waals surface area contributed by atoms with Gasteiger partial charge in [0.05, 0.1) is 0 Å². The molecule has 0 fully saturated rings. The first-order valence-corrected chi connectivity index (χ1v) is 22.9. The van der Waals surface area contributed by atoms with Crippen molar-refractivity contribution >= 4 is 55.6 Å². The molecular formula is C60H39NSe. The van der Waals surface area contributed by atoms with Crippen molar-refractivity contribution < 1.29 is 0 Å². The van der Waals surface area contributed by atoms with Gasteiger partial charge in [-0.05, 0) is 29.3 Å². The Morgan fingerprint density at radius 3 is 1.26 bits per heavy atom. The van der Waals surface area contributed by atoms with E-state index >= 15 is 0 Å². The first-order valence-electron chi connectivity index (χ1n) is 21.2. The molecule has 0 N–H and O–H groups in total. The summed E-state index contributed by atoms with van der Waals surface area (Å²) in [4.78, 5) is 0. The Hall–Kier alpha value is -7.48. The van der Waals surface area contributed by atoms with Gasteiger partial charge in [-0.2, -0.15) is 0 Å².